The van der Waals surface area contributed by atoms with Gasteiger partial charge in [-0.2, -0.15) is 0 Å². The number of benzene rings is 2. The van der Waals surface area contributed by atoms with E-state index in [1.807, 2.05) is 50.2 Å². The van der Waals surface area contributed by atoms with Crippen LogP contribution in [0.4, 0.5) is 0 Å². The van der Waals surface area contributed by atoms with Gasteiger partial charge in [0.05, 0.1) is 5.69 Å². The molecule has 0 radical (unpaired) electrons. The lowest BCUT2D eigenvalue weighted by Gasteiger charge is -2.10. The maximum Gasteiger partial charge on any atom is 0.0702 e. The first-order valence-corrected chi connectivity index (χ1v) is 7.77. The first-order valence-electron chi connectivity index (χ1n) is 10.3. The van der Waals surface area contributed by atoms with Crippen molar-refractivity contribution in [3.63, 3.8) is 0 Å². The van der Waals surface area contributed by atoms with E-state index in [-0.39, 0.29) is 5.92 Å². The van der Waals surface area contributed by atoms with Crippen LogP contribution in [0.1, 0.15) is 31.8 Å². The van der Waals surface area contributed by atoms with E-state index in [1.54, 1.807) is 30.5 Å². The molecule has 0 atom stereocenters. The van der Waals surface area contributed by atoms with Crippen LogP contribution in [0.5, 0.6) is 0 Å². The van der Waals surface area contributed by atoms with Gasteiger partial charge in [0.15, 0.2) is 0 Å². The maximum absolute atomic E-state index is 8.20. The van der Waals surface area contributed by atoms with E-state index in [2.05, 4.69) is 4.98 Å². The molecule has 116 valence electrons. The third kappa shape index (κ3) is 3.68. The van der Waals surface area contributed by atoms with Gasteiger partial charge in [-0.1, -0.05) is 62.4 Å². The SMILES string of the molecule is [2H]C([2H])([2H])c1ccc(-c2ccc(C([2H])([2H])C(C)C)cn2)cc1-c1ccccc1. The third-order valence-electron chi connectivity index (χ3n) is 3.62. The molecule has 1 aromatic heterocycles. The first-order chi connectivity index (χ1) is 13.1. The summed E-state index contributed by atoms with van der Waals surface area (Å²) in [6.07, 6.45) is 0.112. The van der Waals surface area contributed by atoms with Gasteiger partial charge in [-0.05, 0) is 53.5 Å². The summed E-state index contributed by atoms with van der Waals surface area (Å²) in [5.41, 5.74) is 3.80. The lowest BCUT2D eigenvalue weighted by Crippen LogP contribution is -1.95. The van der Waals surface area contributed by atoms with E-state index in [9.17, 15) is 0 Å². The highest BCUT2D eigenvalue weighted by Crippen LogP contribution is 2.28. The molecule has 0 saturated carbocycles. The summed E-state index contributed by atoms with van der Waals surface area (Å²) in [7, 11) is 0. The fraction of sp³-hybridized carbons (Fsp3) is 0.227. The number of rotatable bonds is 4. The monoisotopic (exact) mass is 306 g/mol. The molecule has 3 aromatic rings. The Morgan fingerprint density at radius 3 is 2.48 bits per heavy atom. The Morgan fingerprint density at radius 2 is 1.83 bits per heavy atom. The molecule has 0 aliphatic carbocycles. The lowest BCUT2D eigenvalue weighted by molar-refractivity contribution is 0.646. The third-order valence-corrected chi connectivity index (χ3v) is 3.62. The molecule has 0 N–H and O–H groups in total. The van der Waals surface area contributed by atoms with Crippen LogP contribution in [0.15, 0.2) is 66.9 Å². The highest BCUT2D eigenvalue weighted by atomic mass is 14.7. The van der Waals surface area contributed by atoms with E-state index >= 15 is 0 Å². The minimum absolute atomic E-state index is 0.164. The Morgan fingerprint density at radius 1 is 1.00 bits per heavy atom. The summed E-state index contributed by atoms with van der Waals surface area (Å²) in [6.45, 7) is 1.47. The average Bonchev–Trinajstić information content (AvgIpc) is 2.67. The van der Waals surface area contributed by atoms with Crippen LogP contribution in [0.3, 0.4) is 0 Å². The minimum Gasteiger partial charge on any atom is -0.256 e. The second kappa shape index (κ2) is 6.78. The number of pyridine rings is 1. The Kier molecular flexibility index (Phi) is 3.06. The first kappa shape index (κ1) is 10.4. The molecule has 0 saturated heterocycles. The molecule has 0 bridgehead atoms. The summed E-state index contributed by atoms with van der Waals surface area (Å²) in [5.74, 6) is -0.164. The molecule has 1 heteroatoms. The Bertz CT molecular complexity index is 945. The highest BCUT2D eigenvalue weighted by Gasteiger charge is 2.06. The smallest absolute Gasteiger partial charge is 0.0702 e. The van der Waals surface area contributed by atoms with Crippen molar-refractivity contribution in [1.29, 1.82) is 0 Å². The molecule has 0 aliphatic heterocycles. The highest BCUT2D eigenvalue weighted by molar-refractivity contribution is 5.74. The van der Waals surface area contributed by atoms with E-state index in [1.165, 1.54) is 0 Å². The van der Waals surface area contributed by atoms with Crippen LogP contribution in [-0.4, -0.2) is 4.98 Å². The van der Waals surface area contributed by atoms with Crippen molar-refractivity contribution < 1.29 is 6.85 Å². The fourth-order valence-electron chi connectivity index (χ4n) is 2.54. The number of aryl methyl sites for hydroxylation is 1. The fourth-order valence-corrected chi connectivity index (χ4v) is 2.54. The predicted molar refractivity (Wildman–Crippen MR) is 98.4 cm³/mol. The van der Waals surface area contributed by atoms with Crippen LogP contribution in [-0.2, 0) is 6.37 Å². The van der Waals surface area contributed by atoms with Crippen molar-refractivity contribution >= 4 is 0 Å². The number of nitrogens with zero attached hydrogens (tertiary/aromatic N) is 1. The van der Waals surface area contributed by atoms with Crippen molar-refractivity contribution in [2.45, 2.75) is 27.1 Å². The molecule has 0 fully saturated rings. The summed E-state index contributed by atoms with van der Waals surface area (Å²) < 4.78 is 40.0. The van der Waals surface area contributed by atoms with E-state index in [0.717, 1.165) is 11.1 Å². The molecule has 1 heterocycles. The molecule has 0 unspecified atom stereocenters. The topological polar surface area (TPSA) is 12.9 Å². The van der Waals surface area contributed by atoms with Crippen LogP contribution in [0.2, 0.25) is 0 Å². The van der Waals surface area contributed by atoms with Gasteiger partial charge in [-0.25, -0.2) is 0 Å². The molecule has 23 heavy (non-hydrogen) atoms. The standard InChI is InChI=1S/C22H23N/c1-16(2)13-18-10-12-22(23-15-18)20-11-9-17(3)21(14-20)19-7-5-4-6-8-19/h4-12,14-16H,13H2,1-3H3/i3D3,13D2. The Hall–Kier alpha value is -2.41. The number of hydrogen-bond donors (Lipinski definition) is 0. The van der Waals surface area contributed by atoms with Crippen LogP contribution >= 0.6 is 0 Å². The molecular formula is C22H23N. The van der Waals surface area contributed by atoms with Crippen molar-refractivity contribution in [2.24, 2.45) is 5.92 Å². The number of aromatic nitrogens is 1. The van der Waals surface area contributed by atoms with Crippen molar-refractivity contribution in [1.82, 2.24) is 4.98 Å². The molecule has 1 nitrogen and oxygen atoms in total. The molecule has 0 spiro atoms. The van der Waals surface area contributed by atoms with Crippen LogP contribution < -0.4 is 0 Å². The van der Waals surface area contributed by atoms with Gasteiger partial charge in [-0.15, -0.1) is 0 Å². The normalized spacial score (nSPS) is 15.3. The second-order valence-corrected chi connectivity index (χ2v) is 5.86. The Balaban J connectivity index is 2.07. The molecule has 3 rings (SSSR count). The zero-order valence-corrected chi connectivity index (χ0v) is 13.4. The van der Waals surface area contributed by atoms with Gasteiger partial charge in [0.25, 0.3) is 0 Å². The summed E-state index contributed by atoms with van der Waals surface area (Å²) in [5, 5.41) is 0. The molecule has 2 aromatic carbocycles. The largest absolute Gasteiger partial charge is 0.256 e. The zero-order valence-electron chi connectivity index (χ0n) is 18.4. The summed E-state index contributed by atoms with van der Waals surface area (Å²) in [6, 6.07) is 18.2. The van der Waals surface area contributed by atoms with Gasteiger partial charge in [0, 0.05) is 18.6 Å². The maximum atomic E-state index is 8.20. The number of hydrogen-bond acceptors (Lipinski definition) is 1. The minimum atomic E-state index is -2.21. The van der Waals surface area contributed by atoms with E-state index < -0.39 is 13.2 Å². The predicted octanol–water partition coefficient (Wildman–Crippen LogP) is 5.92. The van der Waals surface area contributed by atoms with Gasteiger partial charge in [0.2, 0.25) is 0 Å². The summed E-state index contributed by atoms with van der Waals surface area (Å²) >= 11 is 0. The molecule has 0 amide bonds. The van der Waals surface area contributed by atoms with Crippen LogP contribution in [0.25, 0.3) is 22.4 Å². The van der Waals surface area contributed by atoms with Crippen molar-refractivity contribution in [2.75, 3.05) is 0 Å². The summed E-state index contributed by atoms with van der Waals surface area (Å²) in [4.78, 5) is 4.44. The van der Waals surface area contributed by atoms with Gasteiger partial charge in [0.1, 0.15) is 0 Å². The van der Waals surface area contributed by atoms with E-state index in [0.29, 0.717) is 22.4 Å². The second-order valence-electron chi connectivity index (χ2n) is 5.86. The van der Waals surface area contributed by atoms with E-state index in [4.69, 9.17) is 6.85 Å². The Labute approximate surface area is 146 Å². The van der Waals surface area contributed by atoms with Crippen molar-refractivity contribution in [3.8, 4) is 22.4 Å². The average molecular weight is 306 g/mol. The van der Waals surface area contributed by atoms with Gasteiger partial charge in [-0.3, -0.25) is 4.98 Å². The molecular weight excluding hydrogens is 278 g/mol. The van der Waals surface area contributed by atoms with Crippen LogP contribution in [0, 0.1) is 12.8 Å². The van der Waals surface area contributed by atoms with Crippen molar-refractivity contribution in [3.05, 3.63) is 78.0 Å². The van der Waals surface area contributed by atoms with Gasteiger partial charge >= 0.3 is 0 Å². The molecule has 0 aliphatic rings. The zero-order chi connectivity index (χ0) is 20.5. The lowest BCUT2D eigenvalue weighted by atomic mass is 9.96. The quantitative estimate of drug-likeness (QED) is 0.583. The van der Waals surface area contributed by atoms with Gasteiger partial charge < -0.3 is 0 Å².